The number of hydrogen-bond acceptors (Lipinski definition) is 3. The van der Waals surface area contributed by atoms with Crippen LogP contribution in [0.3, 0.4) is 0 Å². The molecule has 1 unspecified atom stereocenters. The Morgan fingerprint density at radius 3 is 2.64 bits per heavy atom. The first-order valence-electron chi connectivity index (χ1n) is 5.70. The summed E-state index contributed by atoms with van der Waals surface area (Å²) in [6.07, 6.45) is 7.44. The quantitative estimate of drug-likeness (QED) is 0.683. The van der Waals surface area contributed by atoms with Gasteiger partial charge in [-0.05, 0) is 26.2 Å². The van der Waals surface area contributed by atoms with Crippen LogP contribution in [0.15, 0.2) is 0 Å². The van der Waals surface area contributed by atoms with Gasteiger partial charge in [-0.25, -0.2) is 0 Å². The van der Waals surface area contributed by atoms with E-state index >= 15 is 0 Å². The monoisotopic (exact) mass is 197 g/mol. The molecule has 0 aromatic heterocycles. The van der Waals surface area contributed by atoms with Gasteiger partial charge < -0.3 is 4.74 Å². The average Bonchev–Trinajstić information content (AvgIpc) is 2.16. The number of hydrogen-bond donors (Lipinski definition) is 1. The molecular weight excluding hydrogens is 178 g/mol. The summed E-state index contributed by atoms with van der Waals surface area (Å²) in [5.41, 5.74) is 0.301. The van der Waals surface area contributed by atoms with Gasteiger partial charge in [0.1, 0.15) is 6.04 Å². The first-order chi connectivity index (χ1) is 6.76. The van der Waals surface area contributed by atoms with Crippen LogP contribution in [-0.4, -0.2) is 24.2 Å². The average molecular weight is 197 g/mol. The lowest BCUT2D eigenvalue weighted by atomic mass is 9.71. The second kappa shape index (κ2) is 3.89. The highest BCUT2D eigenvalue weighted by Crippen LogP contribution is 2.38. The maximum Gasteiger partial charge on any atom is 0.323 e. The predicted octanol–water partition coefficient (Wildman–Crippen LogP) is 1.61. The lowest BCUT2D eigenvalue weighted by Gasteiger charge is -2.50. The van der Waals surface area contributed by atoms with E-state index in [1.54, 1.807) is 0 Å². The van der Waals surface area contributed by atoms with E-state index in [-0.39, 0.29) is 12.0 Å². The minimum atomic E-state index is -0.0660. The summed E-state index contributed by atoms with van der Waals surface area (Å²) in [5.74, 6) is -0.0660. The summed E-state index contributed by atoms with van der Waals surface area (Å²) < 4.78 is 4.98. The largest absolute Gasteiger partial charge is 0.465 e. The van der Waals surface area contributed by atoms with Crippen LogP contribution in [0.2, 0.25) is 0 Å². The van der Waals surface area contributed by atoms with Crippen molar-refractivity contribution in [1.82, 2.24) is 5.32 Å². The Labute approximate surface area is 85.2 Å². The molecule has 80 valence electrons. The van der Waals surface area contributed by atoms with Gasteiger partial charge in [0.15, 0.2) is 0 Å². The van der Waals surface area contributed by atoms with E-state index in [9.17, 15) is 4.79 Å². The van der Waals surface area contributed by atoms with E-state index in [1.807, 2.05) is 6.92 Å². The van der Waals surface area contributed by atoms with Gasteiger partial charge in [0, 0.05) is 5.54 Å². The van der Waals surface area contributed by atoms with Crippen molar-refractivity contribution in [3.05, 3.63) is 0 Å². The van der Waals surface area contributed by atoms with Gasteiger partial charge in [-0.2, -0.15) is 0 Å². The topological polar surface area (TPSA) is 38.3 Å². The van der Waals surface area contributed by atoms with Crippen LogP contribution in [0.25, 0.3) is 0 Å². The molecule has 1 aliphatic carbocycles. The fraction of sp³-hybridized carbons (Fsp3) is 0.909. The van der Waals surface area contributed by atoms with Crippen molar-refractivity contribution < 1.29 is 9.53 Å². The third-order valence-electron chi connectivity index (χ3n) is 3.46. The molecule has 1 saturated heterocycles. The number of esters is 1. The zero-order valence-corrected chi connectivity index (χ0v) is 8.84. The molecule has 1 aliphatic heterocycles. The minimum Gasteiger partial charge on any atom is -0.465 e. The van der Waals surface area contributed by atoms with Crippen molar-refractivity contribution in [3.8, 4) is 0 Å². The number of carbonyl (C=O) groups is 1. The molecule has 1 saturated carbocycles. The Hall–Kier alpha value is -0.570. The second-order valence-corrected chi connectivity index (χ2v) is 4.49. The van der Waals surface area contributed by atoms with E-state index in [1.165, 1.54) is 32.1 Å². The van der Waals surface area contributed by atoms with Crippen LogP contribution in [0.5, 0.6) is 0 Å². The van der Waals surface area contributed by atoms with Crippen molar-refractivity contribution in [2.45, 2.75) is 57.0 Å². The predicted molar refractivity (Wildman–Crippen MR) is 54.0 cm³/mol. The third-order valence-corrected chi connectivity index (χ3v) is 3.46. The normalized spacial score (nSPS) is 29.6. The Morgan fingerprint density at radius 1 is 1.43 bits per heavy atom. The molecule has 2 fully saturated rings. The molecule has 3 nitrogen and oxygen atoms in total. The Kier molecular flexibility index (Phi) is 2.77. The van der Waals surface area contributed by atoms with Crippen LogP contribution in [-0.2, 0) is 9.53 Å². The molecule has 3 heteroatoms. The molecule has 1 atom stereocenters. The molecule has 0 aromatic rings. The molecule has 2 rings (SSSR count). The van der Waals surface area contributed by atoms with Crippen molar-refractivity contribution >= 4 is 5.97 Å². The van der Waals surface area contributed by atoms with Gasteiger partial charge in [-0.15, -0.1) is 0 Å². The van der Waals surface area contributed by atoms with Gasteiger partial charge in [-0.1, -0.05) is 19.3 Å². The van der Waals surface area contributed by atoms with Crippen LogP contribution in [0.4, 0.5) is 0 Å². The number of rotatable bonds is 2. The summed E-state index contributed by atoms with van der Waals surface area (Å²) in [5, 5.41) is 3.41. The van der Waals surface area contributed by atoms with Gasteiger partial charge in [0.05, 0.1) is 6.61 Å². The third kappa shape index (κ3) is 1.78. The summed E-state index contributed by atoms with van der Waals surface area (Å²) in [4.78, 5) is 11.4. The van der Waals surface area contributed by atoms with E-state index in [0.29, 0.717) is 12.1 Å². The molecule has 0 amide bonds. The van der Waals surface area contributed by atoms with Crippen LogP contribution in [0, 0.1) is 0 Å². The molecule has 14 heavy (non-hydrogen) atoms. The van der Waals surface area contributed by atoms with Crippen LogP contribution >= 0.6 is 0 Å². The van der Waals surface area contributed by atoms with Gasteiger partial charge >= 0.3 is 5.97 Å². The summed E-state index contributed by atoms with van der Waals surface area (Å²) in [6.45, 7) is 2.34. The summed E-state index contributed by atoms with van der Waals surface area (Å²) in [7, 11) is 0. The lowest BCUT2D eigenvalue weighted by Crippen LogP contribution is -2.67. The SMILES string of the molecule is CCOC(=O)C1CC2(CCCCC2)N1. The molecule has 1 N–H and O–H groups in total. The fourth-order valence-electron chi connectivity index (χ4n) is 2.70. The van der Waals surface area contributed by atoms with E-state index in [2.05, 4.69) is 5.32 Å². The second-order valence-electron chi connectivity index (χ2n) is 4.49. The van der Waals surface area contributed by atoms with Crippen molar-refractivity contribution in [3.63, 3.8) is 0 Å². The van der Waals surface area contributed by atoms with E-state index < -0.39 is 0 Å². The lowest BCUT2D eigenvalue weighted by molar-refractivity contribution is -0.151. The highest BCUT2D eigenvalue weighted by Gasteiger charge is 2.47. The fourth-order valence-corrected chi connectivity index (χ4v) is 2.70. The highest BCUT2D eigenvalue weighted by molar-refractivity contribution is 5.77. The molecule has 1 heterocycles. The molecule has 1 spiro atoms. The van der Waals surface area contributed by atoms with Gasteiger partial charge in [0.25, 0.3) is 0 Å². The van der Waals surface area contributed by atoms with Crippen LogP contribution < -0.4 is 5.32 Å². The minimum absolute atomic E-state index is 0.0203. The standard InChI is InChI=1S/C11H19NO2/c1-2-14-10(13)9-8-11(12-9)6-4-3-5-7-11/h9,12H,2-8H2,1H3. The Bertz CT molecular complexity index is 213. The molecule has 0 bridgehead atoms. The molecule has 2 aliphatic rings. The summed E-state index contributed by atoms with van der Waals surface area (Å²) in [6, 6.07) is -0.0203. The maximum absolute atomic E-state index is 11.4. The Balaban J connectivity index is 1.79. The molecule has 0 radical (unpaired) electrons. The first kappa shape index (κ1) is 9.97. The summed E-state index contributed by atoms with van der Waals surface area (Å²) >= 11 is 0. The number of ether oxygens (including phenoxy) is 1. The first-order valence-corrected chi connectivity index (χ1v) is 5.70. The maximum atomic E-state index is 11.4. The van der Waals surface area contributed by atoms with E-state index in [4.69, 9.17) is 4.74 Å². The molecule has 0 aromatic carbocycles. The van der Waals surface area contributed by atoms with E-state index in [0.717, 1.165) is 6.42 Å². The Morgan fingerprint density at radius 2 is 2.07 bits per heavy atom. The zero-order valence-electron chi connectivity index (χ0n) is 8.84. The van der Waals surface area contributed by atoms with Crippen molar-refractivity contribution in [2.75, 3.05) is 6.61 Å². The molecular formula is C11H19NO2. The van der Waals surface area contributed by atoms with Crippen LogP contribution in [0.1, 0.15) is 45.4 Å². The zero-order chi connectivity index (χ0) is 10.0. The van der Waals surface area contributed by atoms with Gasteiger partial charge in [0.2, 0.25) is 0 Å². The van der Waals surface area contributed by atoms with Crippen molar-refractivity contribution in [2.24, 2.45) is 0 Å². The number of nitrogens with one attached hydrogen (secondary N) is 1. The van der Waals surface area contributed by atoms with Crippen molar-refractivity contribution in [1.29, 1.82) is 0 Å². The van der Waals surface area contributed by atoms with Gasteiger partial charge in [-0.3, -0.25) is 10.1 Å². The smallest absolute Gasteiger partial charge is 0.323 e. The highest BCUT2D eigenvalue weighted by atomic mass is 16.5. The number of carbonyl (C=O) groups excluding carboxylic acids is 1.